The number of carbonyl (C=O) groups excluding carboxylic acids is 1. The molecule has 0 bridgehead atoms. The minimum absolute atomic E-state index is 0.120. The average Bonchev–Trinajstić information content (AvgIpc) is 3.20. The molecule has 4 rings (SSSR count). The molecule has 1 N–H and O–H groups in total. The fraction of sp³-hybridized carbons (Fsp3) is 0.375. The summed E-state index contributed by atoms with van der Waals surface area (Å²) in [4.78, 5) is 30.5. The number of carbonyl (C=O) groups is 1. The number of halogens is 3. The molecule has 0 saturated carbocycles. The minimum atomic E-state index is -4.52. The molecule has 1 aliphatic heterocycles. The van der Waals surface area contributed by atoms with Crippen LogP contribution in [-0.4, -0.2) is 38.7 Å². The highest BCUT2D eigenvalue weighted by atomic mass is 19.4. The van der Waals surface area contributed by atoms with Gasteiger partial charge in [0.05, 0.1) is 17.8 Å². The fourth-order valence-corrected chi connectivity index (χ4v) is 3.89. The Balaban J connectivity index is 1.54. The summed E-state index contributed by atoms with van der Waals surface area (Å²) in [7, 11) is 0. The van der Waals surface area contributed by atoms with Crippen molar-refractivity contribution in [1.82, 2.24) is 19.9 Å². The summed E-state index contributed by atoms with van der Waals surface area (Å²) < 4.78 is 44.3. The maximum Gasteiger partial charge on any atom is 0.433 e. The van der Waals surface area contributed by atoms with Crippen LogP contribution in [0.1, 0.15) is 43.9 Å². The molecule has 11 heteroatoms. The third-order valence-corrected chi connectivity index (χ3v) is 5.82. The van der Waals surface area contributed by atoms with E-state index in [-0.39, 0.29) is 18.0 Å². The largest absolute Gasteiger partial charge is 0.447 e. The highest BCUT2D eigenvalue weighted by molar-refractivity contribution is 5.89. The van der Waals surface area contributed by atoms with Crippen LogP contribution in [0.2, 0.25) is 0 Å². The van der Waals surface area contributed by atoms with Gasteiger partial charge in [0.1, 0.15) is 18.1 Å². The lowest BCUT2D eigenvalue weighted by molar-refractivity contribution is -0.141. The molecule has 1 fully saturated rings. The van der Waals surface area contributed by atoms with E-state index in [0.717, 1.165) is 12.3 Å². The van der Waals surface area contributed by atoms with Crippen LogP contribution in [0.4, 0.5) is 29.7 Å². The fourth-order valence-electron chi connectivity index (χ4n) is 3.89. The van der Waals surface area contributed by atoms with Gasteiger partial charge >= 0.3 is 12.3 Å². The maximum absolute atomic E-state index is 13.0. The predicted octanol–water partition coefficient (Wildman–Crippen LogP) is 5.42. The zero-order valence-corrected chi connectivity index (χ0v) is 19.7. The molecule has 2 atom stereocenters. The normalized spacial score (nSPS) is 17.0. The summed E-state index contributed by atoms with van der Waals surface area (Å²) in [6.45, 7) is 7.93. The molecule has 0 aliphatic carbocycles. The van der Waals surface area contributed by atoms with Gasteiger partial charge in [-0.1, -0.05) is 19.9 Å². The van der Waals surface area contributed by atoms with E-state index >= 15 is 0 Å². The van der Waals surface area contributed by atoms with Gasteiger partial charge in [0, 0.05) is 23.7 Å². The van der Waals surface area contributed by atoms with Crippen molar-refractivity contribution in [3.8, 4) is 11.1 Å². The number of rotatable bonds is 6. The highest BCUT2D eigenvalue weighted by Crippen LogP contribution is 2.32. The van der Waals surface area contributed by atoms with Gasteiger partial charge in [0.15, 0.2) is 0 Å². The Bertz CT molecular complexity index is 1230. The Labute approximate surface area is 200 Å². The molecule has 1 aliphatic rings. The van der Waals surface area contributed by atoms with Gasteiger partial charge in [-0.15, -0.1) is 0 Å². The van der Waals surface area contributed by atoms with Crippen LogP contribution in [-0.2, 0) is 10.9 Å². The molecule has 3 aromatic heterocycles. The molecule has 4 heterocycles. The molecular weight excluding hydrogens is 461 g/mol. The van der Waals surface area contributed by atoms with Gasteiger partial charge in [0.2, 0.25) is 5.95 Å². The lowest BCUT2D eigenvalue weighted by atomic mass is 10.0. The van der Waals surface area contributed by atoms with Crippen molar-refractivity contribution in [2.75, 3.05) is 16.8 Å². The van der Waals surface area contributed by atoms with Crippen molar-refractivity contribution in [1.29, 1.82) is 0 Å². The topological polar surface area (TPSA) is 93.1 Å². The van der Waals surface area contributed by atoms with Crippen molar-refractivity contribution in [3.05, 3.63) is 59.8 Å². The number of hydrogen-bond acceptors (Lipinski definition) is 7. The zero-order valence-electron chi connectivity index (χ0n) is 19.7. The predicted molar refractivity (Wildman–Crippen MR) is 124 cm³/mol. The monoisotopic (exact) mass is 486 g/mol. The van der Waals surface area contributed by atoms with Gasteiger partial charge in [-0.3, -0.25) is 14.9 Å². The van der Waals surface area contributed by atoms with Crippen LogP contribution in [0.25, 0.3) is 11.1 Å². The number of amides is 1. The molecule has 8 nitrogen and oxygen atoms in total. The summed E-state index contributed by atoms with van der Waals surface area (Å²) >= 11 is 0. The Kier molecular flexibility index (Phi) is 6.60. The molecule has 1 amide bonds. The number of aryl methyl sites for hydroxylation is 1. The zero-order chi connectivity index (χ0) is 25.3. The van der Waals surface area contributed by atoms with E-state index in [1.54, 1.807) is 31.3 Å². The lowest BCUT2D eigenvalue weighted by Gasteiger charge is -2.23. The van der Waals surface area contributed by atoms with Gasteiger partial charge in [0.25, 0.3) is 0 Å². The molecule has 0 spiro atoms. The number of hydrogen-bond donors (Lipinski definition) is 1. The summed E-state index contributed by atoms with van der Waals surface area (Å²) in [5.41, 5.74) is 1.25. The van der Waals surface area contributed by atoms with Crippen molar-refractivity contribution >= 4 is 17.9 Å². The Morgan fingerprint density at radius 3 is 2.51 bits per heavy atom. The molecule has 0 unspecified atom stereocenters. The second-order valence-electron chi connectivity index (χ2n) is 8.66. The third-order valence-electron chi connectivity index (χ3n) is 5.82. The van der Waals surface area contributed by atoms with Crippen LogP contribution in [0, 0.1) is 12.8 Å². The van der Waals surface area contributed by atoms with Crippen LogP contribution in [0.3, 0.4) is 0 Å². The van der Waals surface area contributed by atoms with E-state index in [0.29, 0.717) is 40.9 Å². The first-order valence-corrected chi connectivity index (χ1v) is 11.1. The number of anilines is 2. The van der Waals surface area contributed by atoms with Gasteiger partial charge < -0.3 is 10.1 Å². The minimum Gasteiger partial charge on any atom is -0.447 e. The van der Waals surface area contributed by atoms with Crippen molar-refractivity contribution in [3.63, 3.8) is 0 Å². The molecule has 0 radical (unpaired) electrons. The number of cyclic esters (lactones) is 1. The Hall–Kier alpha value is -3.76. The first kappa shape index (κ1) is 24.4. The van der Waals surface area contributed by atoms with Crippen LogP contribution < -0.4 is 10.2 Å². The van der Waals surface area contributed by atoms with E-state index in [1.807, 2.05) is 20.8 Å². The number of pyridine rings is 2. The summed E-state index contributed by atoms with van der Waals surface area (Å²) in [5.74, 6) is 0.934. The second-order valence-corrected chi connectivity index (χ2v) is 8.66. The first-order valence-electron chi connectivity index (χ1n) is 11.1. The van der Waals surface area contributed by atoms with E-state index in [4.69, 9.17) is 4.74 Å². The smallest absolute Gasteiger partial charge is 0.433 e. The molecule has 3 aromatic rings. The summed E-state index contributed by atoms with van der Waals surface area (Å²) in [6.07, 6.45) is -2.27. The van der Waals surface area contributed by atoms with Crippen LogP contribution in [0.15, 0.2) is 42.7 Å². The quantitative estimate of drug-likeness (QED) is 0.498. The van der Waals surface area contributed by atoms with Crippen molar-refractivity contribution < 1.29 is 22.7 Å². The molecule has 35 heavy (non-hydrogen) atoms. The number of alkyl halides is 3. The van der Waals surface area contributed by atoms with Gasteiger partial charge in [-0.25, -0.2) is 9.78 Å². The molecule has 1 saturated heterocycles. The molecular formula is C24H25F3N6O2. The number of nitrogens with one attached hydrogen (secondary N) is 1. The number of nitrogens with zero attached hydrogens (tertiary/aromatic N) is 5. The van der Waals surface area contributed by atoms with Gasteiger partial charge in [-0.2, -0.15) is 18.2 Å². The Morgan fingerprint density at radius 1 is 1.09 bits per heavy atom. The molecule has 0 aromatic carbocycles. The standard InChI is InChI=1S/C24H25F3N6O2/c1-13(2)19-12-35-23(34)33(19)21-8-10-29-22(32-21)31-15(4)18-6-5-17(14(3)30-18)16-7-9-28-20(11-16)24(25,26)27/h5-11,13,15,19H,12H2,1-4H3,(H,29,31,32)/t15-,19+/m0/s1. The summed E-state index contributed by atoms with van der Waals surface area (Å²) in [5, 5.41) is 3.17. The number of ether oxygens (including phenoxy) is 1. The average molecular weight is 486 g/mol. The molecule has 184 valence electrons. The third kappa shape index (κ3) is 5.18. The number of aromatic nitrogens is 4. The van der Waals surface area contributed by atoms with Crippen LogP contribution >= 0.6 is 0 Å². The summed E-state index contributed by atoms with van der Waals surface area (Å²) in [6, 6.07) is 7.23. The maximum atomic E-state index is 13.0. The lowest BCUT2D eigenvalue weighted by Crippen LogP contribution is -2.37. The Morgan fingerprint density at radius 2 is 1.83 bits per heavy atom. The van der Waals surface area contributed by atoms with Crippen molar-refractivity contribution in [2.45, 2.75) is 46.0 Å². The van der Waals surface area contributed by atoms with E-state index in [1.165, 1.54) is 11.0 Å². The van der Waals surface area contributed by atoms with E-state index in [2.05, 4.69) is 25.3 Å². The van der Waals surface area contributed by atoms with Gasteiger partial charge in [-0.05, 0) is 49.6 Å². The van der Waals surface area contributed by atoms with Crippen molar-refractivity contribution in [2.24, 2.45) is 5.92 Å². The highest BCUT2D eigenvalue weighted by Gasteiger charge is 2.37. The SMILES string of the molecule is Cc1nc([C@H](C)Nc2nccc(N3C(=O)OC[C@@H]3C(C)C)n2)ccc1-c1ccnc(C(F)(F)F)c1. The van der Waals surface area contributed by atoms with Crippen LogP contribution in [0.5, 0.6) is 0 Å². The van der Waals surface area contributed by atoms with E-state index < -0.39 is 18.0 Å². The first-order chi connectivity index (χ1) is 16.5. The second kappa shape index (κ2) is 9.47. The van der Waals surface area contributed by atoms with E-state index in [9.17, 15) is 18.0 Å².